The zero-order valence-corrected chi connectivity index (χ0v) is 14.4. The Balaban J connectivity index is 4.70. The Morgan fingerprint density at radius 1 is 1.14 bits per heavy atom. The summed E-state index contributed by atoms with van der Waals surface area (Å²) in [6, 6.07) is 0. The standard InChI is InChI=1S/C13H26NO6P/c1-6-18-12(15)8-9-14(13(16)19-7-2)10-21(5,17)20-11(3)4/h11H,6-10H2,1-5H3/t21-/m0/s1. The molecule has 0 N–H and O–H groups in total. The summed E-state index contributed by atoms with van der Waals surface area (Å²) in [4.78, 5) is 24.4. The van der Waals surface area contributed by atoms with E-state index in [0.717, 1.165) is 0 Å². The highest BCUT2D eigenvalue weighted by molar-refractivity contribution is 7.58. The summed E-state index contributed by atoms with van der Waals surface area (Å²) in [5.74, 6) is -0.414. The maximum Gasteiger partial charge on any atom is 0.410 e. The second-order valence-corrected chi connectivity index (χ2v) is 7.35. The van der Waals surface area contributed by atoms with E-state index < -0.39 is 19.4 Å². The number of carbonyl (C=O) groups is 2. The van der Waals surface area contributed by atoms with Crippen LogP contribution < -0.4 is 0 Å². The van der Waals surface area contributed by atoms with Crippen LogP contribution in [0.4, 0.5) is 4.79 Å². The Bertz CT molecular complexity index is 385. The van der Waals surface area contributed by atoms with E-state index in [9.17, 15) is 14.2 Å². The molecule has 0 unspecified atom stereocenters. The van der Waals surface area contributed by atoms with Gasteiger partial charge in [-0.3, -0.25) is 14.3 Å². The molecular weight excluding hydrogens is 297 g/mol. The second kappa shape index (κ2) is 9.79. The van der Waals surface area contributed by atoms with E-state index >= 15 is 0 Å². The molecular formula is C13H26NO6P. The van der Waals surface area contributed by atoms with E-state index in [1.807, 2.05) is 0 Å². The molecule has 1 amide bonds. The largest absolute Gasteiger partial charge is 0.466 e. The fourth-order valence-electron chi connectivity index (χ4n) is 1.68. The van der Waals surface area contributed by atoms with Crippen LogP contribution in [0.25, 0.3) is 0 Å². The van der Waals surface area contributed by atoms with Crippen molar-refractivity contribution < 1.29 is 28.2 Å². The van der Waals surface area contributed by atoms with E-state index in [2.05, 4.69) is 0 Å². The van der Waals surface area contributed by atoms with E-state index in [1.54, 1.807) is 27.7 Å². The van der Waals surface area contributed by atoms with E-state index in [-0.39, 0.29) is 38.6 Å². The molecule has 1 atom stereocenters. The molecule has 0 fully saturated rings. The highest BCUT2D eigenvalue weighted by Crippen LogP contribution is 2.44. The number of nitrogens with zero attached hydrogens (tertiary/aromatic N) is 1. The lowest BCUT2D eigenvalue weighted by molar-refractivity contribution is -0.143. The van der Waals surface area contributed by atoms with Gasteiger partial charge in [0.25, 0.3) is 0 Å². The maximum atomic E-state index is 12.3. The molecule has 7 nitrogen and oxygen atoms in total. The molecule has 0 spiro atoms. The van der Waals surface area contributed by atoms with Gasteiger partial charge in [0.2, 0.25) is 7.37 Å². The van der Waals surface area contributed by atoms with Crippen molar-refractivity contribution in [2.24, 2.45) is 0 Å². The Kier molecular flexibility index (Phi) is 9.29. The molecule has 0 aromatic rings. The molecule has 0 aliphatic rings. The Labute approximate surface area is 126 Å². The van der Waals surface area contributed by atoms with Crippen LogP contribution in [0.5, 0.6) is 0 Å². The highest BCUT2D eigenvalue weighted by Gasteiger charge is 2.26. The van der Waals surface area contributed by atoms with Crippen molar-refractivity contribution in [1.29, 1.82) is 0 Å². The second-order valence-electron chi connectivity index (χ2n) is 4.83. The molecule has 0 bridgehead atoms. The first-order valence-electron chi connectivity index (χ1n) is 7.04. The molecule has 8 heteroatoms. The molecule has 0 aliphatic carbocycles. The average molecular weight is 323 g/mol. The average Bonchev–Trinajstić information content (AvgIpc) is 2.33. The third-order valence-electron chi connectivity index (χ3n) is 2.28. The Morgan fingerprint density at radius 2 is 1.71 bits per heavy atom. The summed E-state index contributed by atoms with van der Waals surface area (Å²) in [7, 11) is -2.98. The molecule has 0 aromatic carbocycles. The molecule has 0 aliphatic heterocycles. The van der Waals surface area contributed by atoms with Crippen LogP contribution in [0.2, 0.25) is 0 Å². The Morgan fingerprint density at radius 3 is 2.19 bits per heavy atom. The van der Waals surface area contributed by atoms with Gasteiger partial charge in [-0.25, -0.2) is 4.79 Å². The number of ether oxygens (including phenoxy) is 2. The van der Waals surface area contributed by atoms with Gasteiger partial charge in [0.1, 0.15) is 6.29 Å². The predicted molar refractivity (Wildman–Crippen MR) is 79.6 cm³/mol. The third kappa shape index (κ3) is 9.47. The summed E-state index contributed by atoms with van der Waals surface area (Å²) in [6.45, 7) is 8.94. The molecule has 0 saturated carbocycles. The van der Waals surface area contributed by atoms with Crippen molar-refractivity contribution in [2.75, 3.05) is 32.7 Å². The number of hydrogen-bond acceptors (Lipinski definition) is 6. The van der Waals surface area contributed by atoms with Crippen LogP contribution in [0.1, 0.15) is 34.1 Å². The summed E-state index contributed by atoms with van der Waals surface area (Å²) >= 11 is 0. The molecule has 0 aromatic heterocycles. The van der Waals surface area contributed by atoms with Gasteiger partial charge in [0, 0.05) is 13.2 Å². The predicted octanol–water partition coefficient (Wildman–Crippen LogP) is 2.69. The van der Waals surface area contributed by atoms with Crippen LogP contribution in [0, 0.1) is 0 Å². The fourth-order valence-corrected chi connectivity index (χ4v) is 3.52. The number of esters is 1. The summed E-state index contributed by atoms with van der Waals surface area (Å²) in [5, 5.41) is 0. The summed E-state index contributed by atoms with van der Waals surface area (Å²) in [5.41, 5.74) is 0. The van der Waals surface area contributed by atoms with Gasteiger partial charge < -0.3 is 14.0 Å². The van der Waals surface area contributed by atoms with Gasteiger partial charge in [-0.05, 0) is 27.7 Å². The van der Waals surface area contributed by atoms with Gasteiger partial charge in [-0.1, -0.05) is 0 Å². The van der Waals surface area contributed by atoms with Crippen molar-refractivity contribution in [1.82, 2.24) is 4.90 Å². The number of rotatable bonds is 9. The monoisotopic (exact) mass is 323 g/mol. The van der Waals surface area contributed by atoms with Crippen LogP contribution in [0.3, 0.4) is 0 Å². The van der Waals surface area contributed by atoms with Gasteiger partial charge in [0.05, 0.1) is 25.7 Å². The van der Waals surface area contributed by atoms with E-state index in [1.165, 1.54) is 11.6 Å². The lowest BCUT2D eigenvalue weighted by Crippen LogP contribution is -2.35. The SMILES string of the molecule is CCOC(=O)CCN(C[P@@](C)(=O)OC(C)C)C(=O)OCC. The van der Waals surface area contributed by atoms with Crippen molar-refractivity contribution in [3.05, 3.63) is 0 Å². The van der Waals surface area contributed by atoms with E-state index in [0.29, 0.717) is 0 Å². The summed E-state index contributed by atoms with van der Waals surface area (Å²) < 4.78 is 27.4. The lowest BCUT2D eigenvalue weighted by atomic mass is 10.4. The molecule has 0 heterocycles. The molecule has 0 saturated heterocycles. The van der Waals surface area contributed by atoms with E-state index in [4.69, 9.17) is 14.0 Å². The van der Waals surface area contributed by atoms with Crippen molar-refractivity contribution in [3.63, 3.8) is 0 Å². The number of carbonyl (C=O) groups excluding carboxylic acids is 2. The van der Waals surface area contributed by atoms with Gasteiger partial charge in [-0.15, -0.1) is 0 Å². The van der Waals surface area contributed by atoms with Crippen LogP contribution >= 0.6 is 7.37 Å². The third-order valence-corrected chi connectivity index (χ3v) is 4.00. The zero-order chi connectivity index (χ0) is 16.5. The van der Waals surface area contributed by atoms with Crippen LogP contribution in [0.15, 0.2) is 0 Å². The molecule has 0 radical (unpaired) electrons. The van der Waals surface area contributed by atoms with Crippen LogP contribution in [-0.2, 0) is 23.4 Å². The van der Waals surface area contributed by atoms with Gasteiger partial charge in [0.15, 0.2) is 0 Å². The minimum Gasteiger partial charge on any atom is -0.466 e. The van der Waals surface area contributed by atoms with Gasteiger partial charge in [-0.2, -0.15) is 0 Å². The minimum atomic E-state index is -2.98. The topological polar surface area (TPSA) is 82.1 Å². The molecule has 124 valence electrons. The zero-order valence-electron chi connectivity index (χ0n) is 13.5. The first-order chi connectivity index (χ1) is 9.71. The van der Waals surface area contributed by atoms with Crippen molar-refractivity contribution in [3.8, 4) is 0 Å². The molecule has 21 heavy (non-hydrogen) atoms. The number of amides is 1. The Hall–Kier alpha value is -1.07. The van der Waals surface area contributed by atoms with Crippen LogP contribution in [-0.4, -0.2) is 55.8 Å². The smallest absolute Gasteiger partial charge is 0.410 e. The number of hydrogen-bond donors (Lipinski definition) is 0. The fraction of sp³-hybridized carbons (Fsp3) is 0.846. The quantitative estimate of drug-likeness (QED) is 0.479. The highest BCUT2D eigenvalue weighted by atomic mass is 31.2. The first-order valence-corrected chi connectivity index (χ1v) is 9.29. The molecule has 0 rings (SSSR count). The summed E-state index contributed by atoms with van der Waals surface area (Å²) in [6.07, 6.45) is -0.899. The van der Waals surface area contributed by atoms with Gasteiger partial charge >= 0.3 is 12.1 Å². The normalized spacial score (nSPS) is 13.6. The lowest BCUT2D eigenvalue weighted by Gasteiger charge is -2.26. The first kappa shape index (κ1) is 19.9. The van der Waals surface area contributed by atoms with Crippen molar-refractivity contribution in [2.45, 2.75) is 40.2 Å². The minimum absolute atomic E-state index is 0.0222. The maximum absolute atomic E-state index is 12.3. The van der Waals surface area contributed by atoms with Crippen molar-refractivity contribution >= 4 is 19.4 Å².